The Kier molecular flexibility index (Phi) is 6.92. The molecule has 0 aromatic heterocycles. The molecule has 0 aliphatic rings. The molecule has 0 heterocycles. The van der Waals surface area contributed by atoms with Crippen molar-refractivity contribution in [2.24, 2.45) is 0 Å². The maximum absolute atomic E-state index is 12.1. The van der Waals surface area contributed by atoms with Crippen molar-refractivity contribution in [3.63, 3.8) is 0 Å². The third-order valence-electron chi connectivity index (χ3n) is 2.94. The number of hydrogen-bond acceptors (Lipinski definition) is 2. The summed E-state index contributed by atoms with van der Waals surface area (Å²) in [6.07, 6.45) is 2.01. The first kappa shape index (κ1) is 16.0. The fourth-order valence-corrected chi connectivity index (χ4v) is 2.19. The number of carbonyl (C=O) groups is 1. The van der Waals surface area contributed by atoms with Gasteiger partial charge in [0.1, 0.15) is 0 Å². The molecule has 1 N–H and O–H groups in total. The molecule has 19 heavy (non-hydrogen) atoms. The highest BCUT2D eigenvalue weighted by Crippen LogP contribution is 2.19. The number of rotatable bonds is 7. The largest absolute Gasteiger partial charge is 0.376 e. The Labute approximate surface area is 124 Å². The number of amides is 1. The molecule has 0 unspecified atom stereocenters. The Balaban J connectivity index is 2.54. The van der Waals surface area contributed by atoms with E-state index < -0.39 is 0 Å². The van der Waals surface area contributed by atoms with Crippen molar-refractivity contribution in [3.05, 3.63) is 28.2 Å². The molecule has 0 radical (unpaired) electrons. The predicted octanol–water partition coefficient (Wildman–Crippen LogP) is 3.82. The number of anilines is 1. The minimum absolute atomic E-state index is 0.171. The van der Waals surface area contributed by atoms with Crippen LogP contribution in [-0.2, 0) is 4.79 Å². The summed E-state index contributed by atoms with van der Waals surface area (Å²) in [6.45, 7) is 8.28. The summed E-state index contributed by atoms with van der Waals surface area (Å²) in [5, 5.41) is 3.20. The van der Waals surface area contributed by atoms with Crippen LogP contribution in [0.25, 0.3) is 0 Å². The zero-order valence-corrected chi connectivity index (χ0v) is 13.6. The lowest BCUT2D eigenvalue weighted by Gasteiger charge is -2.22. The lowest BCUT2D eigenvalue weighted by Crippen LogP contribution is -2.36. The number of aryl methyl sites for hydroxylation is 1. The normalized spacial score (nSPS) is 10.3. The lowest BCUT2D eigenvalue weighted by molar-refractivity contribution is -0.129. The Morgan fingerprint density at radius 2 is 1.89 bits per heavy atom. The van der Waals surface area contributed by atoms with Gasteiger partial charge >= 0.3 is 0 Å². The summed E-state index contributed by atoms with van der Waals surface area (Å²) in [5.41, 5.74) is 2.15. The van der Waals surface area contributed by atoms with Crippen LogP contribution >= 0.6 is 15.9 Å². The molecule has 0 atom stereocenters. The van der Waals surface area contributed by atoms with Crippen LogP contribution in [-0.4, -0.2) is 30.4 Å². The molecule has 1 aromatic carbocycles. The summed E-state index contributed by atoms with van der Waals surface area (Å²) in [7, 11) is 0. The molecular weight excluding hydrogens is 304 g/mol. The molecule has 0 spiro atoms. The molecule has 0 saturated heterocycles. The number of nitrogens with zero attached hydrogens (tertiary/aromatic N) is 1. The second kappa shape index (κ2) is 8.20. The van der Waals surface area contributed by atoms with Crippen molar-refractivity contribution >= 4 is 27.5 Å². The standard InChI is InChI=1S/C15H23BrN2O/c1-4-8-18(9-5-2)15(19)11-17-13-6-7-14(16)12(3)10-13/h6-7,10,17H,4-5,8-9,11H2,1-3H3. The van der Waals surface area contributed by atoms with Crippen molar-refractivity contribution < 1.29 is 4.79 Å². The van der Waals surface area contributed by atoms with Crippen LogP contribution in [0.3, 0.4) is 0 Å². The Morgan fingerprint density at radius 3 is 2.42 bits per heavy atom. The van der Waals surface area contributed by atoms with E-state index in [-0.39, 0.29) is 5.91 Å². The smallest absolute Gasteiger partial charge is 0.241 e. The molecule has 0 aliphatic carbocycles. The van der Waals surface area contributed by atoms with Gasteiger partial charge in [0.2, 0.25) is 5.91 Å². The molecular formula is C15H23BrN2O. The highest BCUT2D eigenvalue weighted by atomic mass is 79.9. The van der Waals surface area contributed by atoms with Gasteiger partial charge < -0.3 is 10.2 Å². The van der Waals surface area contributed by atoms with E-state index in [2.05, 4.69) is 35.1 Å². The van der Waals surface area contributed by atoms with E-state index in [0.717, 1.165) is 41.7 Å². The first-order chi connectivity index (χ1) is 9.08. The van der Waals surface area contributed by atoms with Crippen LogP contribution in [0.5, 0.6) is 0 Å². The van der Waals surface area contributed by atoms with Gasteiger partial charge in [-0.25, -0.2) is 0 Å². The summed E-state index contributed by atoms with van der Waals surface area (Å²) in [5.74, 6) is 0.171. The highest BCUT2D eigenvalue weighted by Gasteiger charge is 2.11. The first-order valence-electron chi connectivity index (χ1n) is 6.86. The Bertz CT molecular complexity index is 415. The zero-order valence-electron chi connectivity index (χ0n) is 12.0. The topological polar surface area (TPSA) is 32.3 Å². The molecule has 1 amide bonds. The predicted molar refractivity (Wildman–Crippen MR) is 84.5 cm³/mol. The van der Waals surface area contributed by atoms with Gasteiger partial charge in [-0.05, 0) is 43.5 Å². The van der Waals surface area contributed by atoms with Crippen LogP contribution in [0.2, 0.25) is 0 Å². The van der Waals surface area contributed by atoms with Crippen molar-refractivity contribution in [2.75, 3.05) is 25.0 Å². The summed E-state index contributed by atoms with van der Waals surface area (Å²) in [6, 6.07) is 6.02. The number of halogens is 1. The van der Waals surface area contributed by atoms with Gasteiger partial charge in [-0.15, -0.1) is 0 Å². The van der Waals surface area contributed by atoms with Gasteiger partial charge in [0.25, 0.3) is 0 Å². The van der Waals surface area contributed by atoms with Gasteiger partial charge in [-0.1, -0.05) is 29.8 Å². The molecule has 106 valence electrons. The summed E-state index contributed by atoms with van der Waals surface area (Å²) in [4.78, 5) is 14.0. The second-order valence-electron chi connectivity index (χ2n) is 4.70. The van der Waals surface area contributed by atoms with Crippen molar-refractivity contribution in [3.8, 4) is 0 Å². The van der Waals surface area contributed by atoms with E-state index in [9.17, 15) is 4.79 Å². The summed E-state index contributed by atoms with van der Waals surface area (Å²) < 4.78 is 1.09. The van der Waals surface area contributed by atoms with Gasteiger partial charge in [0.05, 0.1) is 6.54 Å². The second-order valence-corrected chi connectivity index (χ2v) is 5.55. The molecule has 1 aromatic rings. The first-order valence-corrected chi connectivity index (χ1v) is 7.65. The Morgan fingerprint density at radius 1 is 1.26 bits per heavy atom. The SMILES string of the molecule is CCCN(CCC)C(=O)CNc1ccc(Br)c(C)c1. The van der Waals surface area contributed by atoms with E-state index in [1.54, 1.807) is 0 Å². The van der Waals surface area contributed by atoms with E-state index in [4.69, 9.17) is 0 Å². The van der Waals surface area contributed by atoms with E-state index >= 15 is 0 Å². The quantitative estimate of drug-likeness (QED) is 0.826. The highest BCUT2D eigenvalue weighted by molar-refractivity contribution is 9.10. The minimum Gasteiger partial charge on any atom is -0.376 e. The third kappa shape index (κ3) is 5.23. The fourth-order valence-electron chi connectivity index (χ4n) is 1.95. The van der Waals surface area contributed by atoms with Gasteiger partial charge in [-0.3, -0.25) is 4.79 Å². The zero-order chi connectivity index (χ0) is 14.3. The van der Waals surface area contributed by atoms with E-state index in [1.807, 2.05) is 30.0 Å². The molecule has 0 bridgehead atoms. The van der Waals surface area contributed by atoms with Gasteiger partial charge in [0.15, 0.2) is 0 Å². The molecule has 3 nitrogen and oxygen atoms in total. The van der Waals surface area contributed by atoms with Crippen LogP contribution in [0.4, 0.5) is 5.69 Å². The fraction of sp³-hybridized carbons (Fsp3) is 0.533. The third-order valence-corrected chi connectivity index (χ3v) is 3.83. The number of carbonyl (C=O) groups excluding carboxylic acids is 1. The molecule has 0 saturated carbocycles. The van der Waals surface area contributed by atoms with Crippen molar-refractivity contribution in [1.82, 2.24) is 4.90 Å². The van der Waals surface area contributed by atoms with Crippen molar-refractivity contribution in [2.45, 2.75) is 33.6 Å². The van der Waals surface area contributed by atoms with E-state index in [1.165, 1.54) is 0 Å². The monoisotopic (exact) mass is 326 g/mol. The lowest BCUT2D eigenvalue weighted by atomic mass is 10.2. The molecule has 0 aliphatic heterocycles. The number of nitrogens with one attached hydrogen (secondary N) is 1. The van der Waals surface area contributed by atoms with Crippen LogP contribution < -0.4 is 5.32 Å². The molecule has 1 rings (SSSR count). The van der Waals surface area contributed by atoms with Gasteiger partial charge in [-0.2, -0.15) is 0 Å². The average molecular weight is 327 g/mol. The minimum atomic E-state index is 0.171. The van der Waals surface area contributed by atoms with Gasteiger partial charge in [0, 0.05) is 23.2 Å². The maximum Gasteiger partial charge on any atom is 0.241 e. The van der Waals surface area contributed by atoms with Crippen LogP contribution in [0.1, 0.15) is 32.3 Å². The number of hydrogen-bond donors (Lipinski definition) is 1. The molecule has 0 fully saturated rings. The summed E-state index contributed by atoms with van der Waals surface area (Å²) >= 11 is 3.47. The van der Waals surface area contributed by atoms with Crippen LogP contribution in [0.15, 0.2) is 22.7 Å². The maximum atomic E-state index is 12.1. The van der Waals surface area contributed by atoms with Crippen molar-refractivity contribution in [1.29, 1.82) is 0 Å². The average Bonchev–Trinajstić information content (AvgIpc) is 2.39. The molecule has 4 heteroatoms. The van der Waals surface area contributed by atoms with Crippen LogP contribution in [0, 0.1) is 6.92 Å². The number of benzene rings is 1. The van der Waals surface area contributed by atoms with E-state index in [0.29, 0.717) is 6.54 Å². The Hall–Kier alpha value is -1.03.